The lowest BCUT2D eigenvalue weighted by Crippen LogP contribution is -2.53. The second-order valence-corrected chi connectivity index (χ2v) is 6.93. The Morgan fingerprint density at radius 2 is 2.19 bits per heavy atom. The normalized spacial score (nSPS) is 24.3. The quantitative estimate of drug-likeness (QED) is 0.607. The molecule has 4 N–H and O–H groups in total. The highest BCUT2D eigenvalue weighted by Gasteiger charge is 2.54. The van der Waals surface area contributed by atoms with Crippen LogP contribution >= 0.6 is 0 Å². The molecule has 1 saturated heterocycles. The molecule has 1 aliphatic heterocycles. The van der Waals surface area contributed by atoms with E-state index < -0.39 is 17.4 Å². The standard InChI is InChI=1S/C18H19FN4O4/c1-27-14-6-10(19)5-12-11(14)7-13(21-12)15(24)20-8-9-3-2-4-18(9)16(25)22-17(26)23-18/h5-7,9,21H,2-4,8H2,1H3,(H,20,24)(H2,22,23,25,26). The average Bonchev–Trinajstić information content (AvgIpc) is 3.30. The van der Waals surface area contributed by atoms with Crippen LogP contribution in [0.1, 0.15) is 29.8 Å². The lowest BCUT2D eigenvalue weighted by atomic mass is 9.87. The summed E-state index contributed by atoms with van der Waals surface area (Å²) in [5.41, 5.74) is -0.227. The van der Waals surface area contributed by atoms with Crippen molar-refractivity contribution in [2.75, 3.05) is 13.7 Å². The van der Waals surface area contributed by atoms with Crippen molar-refractivity contribution >= 4 is 28.7 Å². The van der Waals surface area contributed by atoms with E-state index in [1.807, 2.05) is 0 Å². The van der Waals surface area contributed by atoms with Gasteiger partial charge in [0, 0.05) is 23.9 Å². The van der Waals surface area contributed by atoms with Gasteiger partial charge in [-0.25, -0.2) is 9.18 Å². The number of carbonyl (C=O) groups is 3. The number of benzene rings is 1. The van der Waals surface area contributed by atoms with Gasteiger partial charge in [-0.15, -0.1) is 0 Å². The highest BCUT2D eigenvalue weighted by molar-refractivity contribution is 6.07. The number of rotatable bonds is 4. The van der Waals surface area contributed by atoms with Gasteiger partial charge in [-0.1, -0.05) is 6.42 Å². The minimum absolute atomic E-state index is 0.191. The van der Waals surface area contributed by atoms with Gasteiger partial charge in [-0.05, 0) is 25.0 Å². The van der Waals surface area contributed by atoms with Gasteiger partial charge in [0.1, 0.15) is 22.8 Å². The lowest BCUT2D eigenvalue weighted by molar-refractivity contribution is -0.125. The zero-order valence-electron chi connectivity index (χ0n) is 14.6. The first-order valence-electron chi connectivity index (χ1n) is 8.71. The Hall–Kier alpha value is -3.10. The maximum Gasteiger partial charge on any atom is 0.322 e. The number of fused-ring (bicyclic) bond motifs is 1. The van der Waals surface area contributed by atoms with Crippen LogP contribution in [0, 0.1) is 11.7 Å². The van der Waals surface area contributed by atoms with Gasteiger partial charge in [0.05, 0.1) is 12.6 Å². The molecule has 0 radical (unpaired) electrons. The fraction of sp³-hybridized carbons (Fsp3) is 0.389. The number of halogens is 1. The number of H-pyrrole nitrogens is 1. The van der Waals surface area contributed by atoms with Gasteiger partial charge in [0.2, 0.25) is 0 Å². The summed E-state index contributed by atoms with van der Waals surface area (Å²) in [5, 5.41) is 8.40. The van der Waals surface area contributed by atoms with Crippen molar-refractivity contribution < 1.29 is 23.5 Å². The third kappa shape index (κ3) is 2.79. The van der Waals surface area contributed by atoms with Crippen LogP contribution in [0.3, 0.4) is 0 Å². The maximum absolute atomic E-state index is 13.6. The third-order valence-corrected chi connectivity index (χ3v) is 5.43. The summed E-state index contributed by atoms with van der Waals surface area (Å²) in [5.74, 6) is -1.04. The van der Waals surface area contributed by atoms with Crippen LogP contribution in [0.2, 0.25) is 0 Å². The van der Waals surface area contributed by atoms with Crippen LogP contribution in [-0.2, 0) is 4.79 Å². The number of methoxy groups -OCH3 is 1. The molecule has 8 nitrogen and oxygen atoms in total. The van der Waals surface area contributed by atoms with E-state index in [4.69, 9.17) is 4.74 Å². The van der Waals surface area contributed by atoms with Gasteiger partial charge in [-0.2, -0.15) is 0 Å². The van der Waals surface area contributed by atoms with E-state index in [-0.39, 0.29) is 30.0 Å². The highest BCUT2D eigenvalue weighted by Crippen LogP contribution is 2.37. The number of nitrogens with one attached hydrogen (secondary N) is 4. The predicted octanol–water partition coefficient (Wildman–Crippen LogP) is 1.42. The number of carbonyl (C=O) groups excluding carboxylic acids is 3. The van der Waals surface area contributed by atoms with Crippen molar-refractivity contribution in [3.8, 4) is 5.75 Å². The summed E-state index contributed by atoms with van der Waals surface area (Å²) >= 11 is 0. The smallest absolute Gasteiger partial charge is 0.322 e. The summed E-state index contributed by atoms with van der Waals surface area (Å²) in [6, 6.07) is 3.64. The van der Waals surface area contributed by atoms with Gasteiger partial charge in [0.15, 0.2) is 0 Å². The van der Waals surface area contributed by atoms with Crippen molar-refractivity contribution in [2.45, 2.75) is 24.8 Å². The SMILES string of the molecule is COc1cc(F)cc2[nH]c(C(=O)NCC3CCCC34NC(=O)NC4=O)cc12. The molecule has 2 aromatic rings. The van der Waals surface area contributed by atoms with E-state index >= 15 is 0 Å². The van der Waals surface area contributed by atoms with E-state index in [2.05, 4.69) is 20.9 Å². The van der Waals surface area contributed by atoms with Crippen LogP contribution in [-0.4, -0.2) is 42.0 Å². The highest BCUT2D eigenvalue weighted by atomic mass is 19.1. The molecule has 1 spiro atoms. The van der Waals surface area contributed by atoms with Gasteiger partial charge >= 0.3 is 6.03 Å². The average molecular weight is 374 g/mol. The second-order valence-electron chi connectivity index (χ2n) is 6.93. The molecule has 0 bridgehead atoms. The minimum Gasteiger partial charge on any atom is -0.496 e. The number of hydrogen-bond acceptors (Lipinski definition) is 4. The molecule has 9 heteroatoms. The Morgan fingerprint density at radius 3 is 2.89 bits per heavy atom. The van der Waals surface area contributed by atoms with Crippen LogP contribution in [0.5, 0.6) is 5.75 Å². The fourth-order valence-corrected chi connectivity index (χ4v) is 4.10. The van der Waals surface area contributed by atoms with Crippen LogP contribution < -0.4 is 20.7 Å². The topological polar surface area (TPSA) is 112 Å². The summed E-state index contributed by atoms with van der Waals surface area (Å²) in [4.78, 5) is 39.1. The van der Waals surface area contributed by atoms with E-state index in [1.54, 1.807) is 6.07 Å². The molecule has 1 aromatic carbocycles. The summed E-state index contributed by atoms with van der Waals surface area (Å²) < 4.78 is 18.8. The Morgan fingerprint density at radius 1 is 1.37 bits per heavy atom. The zero-order valence-corrected chi connectivity index (χ0v) is 14.6. The molecule has 1 saturated carbocycles. The second kappa shape index (κ2) is 6.26. The number of hydrogen-bond donors (Lipinski definition) is 4. The van der Waals surface area contributed by atoms with Crippen LogP contribution in [0.15, 0.2) is 18.2 Å². The van der Waals surface area contributed by atoms with Gasteiger partial charge < -0.3 is 20.4 Å². The molecule has 1 aromatic heterocycles. The first-order chi connectivity index (χ1) is 12.9. The Balaban J connectivity index is 1.51. The largest absolute Gasteiger partial charge is 0.496 e. The van der Waals surface area contributed by atoms with Crippen molar-refractivity contribution in [3.63, 3.8) is 0 Å². The molecule has 2 atom stereocenters. The molecular formula is C18H19FN4O4. The molecule has 2 heterocycles. The van der Waals surface area contributed by atoms with Crippen LogP contribution in [0.4, 0.5) is 9.18 Å². The Bertz CT molecular complexity index is 956. The number of ether oxygens (including phenoxy) is 1. The summed E-state index contributed by atoms with van der Waals surface area (Å²) in [6.45, 7) is 0.243. The van der Waals surface area contributed by atoms with Crippen molar-refractivity contribution in [2.24, 2.45) is 5.92 Å². The lowest BCUT2D eigenvalue weighted by Gasteiger charge is -2.28. The Labute approximate surface area is 153 Å². The van der Waals surface area contributed by atoms with Crippen molar-refractivity contribution in [1.29, 1.82) is 0 Å². The van der Waals surface area contributed by atoms with Gasteiger partial charge in [0.25, 0.3) is 11.8 Å². The van der Waals surface area contributed by atoms with Gasteiger partial charge in [-0.3, -0.25) is 14.9 Å². The van der Waals surface area contributed by atoms with Crippen LogP contribution in [0.25, 0.3) is 10.9 Å². The molecule has 2 unspecified atom stereocenters. The number of urea groups is 1. The van der Waals surface area contributed by atoms with Crippen molar-refractivity contribution in [1.82, 2.24) is 20.9 Å². The van der Waals surface area contributed by atoms with E-state index in [9.17, 15) is 18.8 Å². The Kier molecular flexibility index (Phi) is 4.01. The first kappa shape index (κ1) is 17.3. The first-order valence-corrected chi connectivity index (χ1v) is 8.71. The predicted molar refractivity (Wildman–Crippen MR) is 93.9 cm³/mol. The molecule has 142 valence electrons. The molecule has 1 aliphatic carbocycles. The number of imide groups is 1. The minimum atomic E-state index is -0.947. The van der Waals surface area contributed by atoms with E-state index in [1.165, 1.54) is 19.2 Å². The summed E-state index contributed by atoms with van der Waals surface area (Å²) in [7, 11) is 1.43. The van der Waals surface area contributed by atoms with E-state index in [0.29, 0.717) is 23.1 Å². The third-order valence-electron chi connectivity index (χ3n) is 5.43. The molecule has 2 fully saturated rings. The fourth-order valence-electron chi connectivity index (χ4n) is 4.10. The molecule has 2 aliphatic rings. The molecule has 4 amide bonds. The van der Waals surface area contributed by atoms with E-state index in [0.717, 1.165) is 12.8 Å². The maximum atomic E-state index is 13.6. The number of amides is 4. The molecular weight excluding hydrogens is 355 g/mol. The monoisotopic (exact) mass is 374 g/mol. The number of aromatic nitrogens is 1. The zero-order chi connectivity index (χ0) is 19.2. The van der Waals surface area contributed by atoms with Crippen molar-refractivity contribution in [3.05, 3.63) is 29.7 Å². The molecule has 27 heavy (non-hydrogen) atoms. The number of aromatic amines is 1. The summed E-state index contributed by atoms with van der Waals surface area (Å²) in [6.07, 6.45) is 2.06. The molecule has 4 rings (SSSR count).